The van der Waals surface area contributed by atoms with Crippen LogP contribution >= 0.6 is 0 Å². The van der Waals surface area contributed by atoms with Gasteiger partial charge >= 0.3 is 0 Å². The first-order chi connectivity index (χ1) is 8.83. The molecule has 0 bridgehead atoms. The molecule has 1 heterocycles. The summed E-state index contributed by atoms with van der Waals surface area (Å²) < 4.78 is 0. The van der Waals surface area contributed by atoms with Crippen molar-refractivity contribution in [2.45, 2.75) is 44.8 Å². The van der Waals surface area contributed by atoms with Crippen LogP contribution in [0.4, 0.5) is 0 Å². The molecule has 1 fully saturated rings. The van der Waals surface area contributed by atoms with Gasteiger partial charge in [0.2, 0.25) is 0 Å². The quantitative estimate of drug-likeness (QED) is 0.808. The molecule has 0 spiro atoms. The number of hydrogen-bond acceptors (Lipinski definition) is 3. The van der Waals surface area contributed by atoms with E-state index in [0.717, 1.165) is 19.4 Å². The van der Waals surface area contributed by atoms with Gasteiger partial charge in [0.1, 0.15) is 0 Å². The van der Waals surface area contributed by atoms with Crippen LogP contribution in [0.2, 0.25) is 0 Å². The molecule has 1 aliphatic heterocycles. The first kappa shape index (κ1) is 13.5. The van der Waals surface area contributed by atoms with Gasteiger partial charge in [0.15, 0.2) is 0 Å². The Labute approximate surface area is 110 Å². The molecule has 2 rings (SSSR count). The van der Waals surface area contributed by atoms with Crippen LogP contribution in [-0.4, -0.2) is 29.2 Å². The highest BCUT2D eigenvalue weighted by atomic mass is 16.2. The van der Waals surface area contributed by atoms with Crippen molar-refractivity contribution in [3.8, 4) is 0 Å². The fraction of sp³-hybridized carbons (Fsp3) is 0.600. The minimum absolute atomic E-state index is 0.315. The maximum absolute atomic E-state index is 8.93. The second-order valence-electron chi connectivity index (χ2n) is 5.15. The molecule has 1 aromatic rings. The Kier molecular flexibility index (Phi) is 5.17. The van der Waals surface area contributed by atoms with Crippen LogP contribution in [-0.2, 0) is 13.1 Å². The van der Waals surface area contributed by atoms with E-state index in [1.807, 2.05) is 0 Å². The van der Waals surface area contributed by atoms with Gasteiger partial charge in [-0.15, -0.1) is 0 Å². The molecule has 3 nitrogen and oxygen atoms in total. The van der Waals surface area contributed by atoms with Crippen molar-refractivity contribution in [2.75, 3.05) is 13.2 Å². The van der Waals surface area contributed by atoms with Crippen LogP contribution in [0.25, 0.3) is 0 Å². The molecule has 0 aromatic heterocycles. The van der Waals surface area contributed by atoms with Gasteiger partial charge in [-0.05, 0) is 43.4 Å². The van der Waals surface area contributed by atoms with Crippen molar-refractivity contribution >= 4 is 0 Å². The fourth-order valence-corrected chi connectivity index (χ4v) is 2.77. The second kappa shape index (κ2) is 6.88. The number of nitrogens with zero attached hydrogens (tertiary/aromatic N) is 1. The number of nitrogens with two attached hydrogens (primary N) is 1. The summed E-state index contributed by atoms with van der Waals surface area (Å²) >= 11 is 0. The molecule has 0 amide bonds. The lowest BCUT2D eigenvalue weighted by atomic mass is 10.1. The van der Waals surface area contributed by atoms with Crippen LogP contribution in [0.5, 0.6) is 0 Å². The standard InChI is InChI=1S/C15H24N2O/c16-11-13-5-7-14(8-6-13)12-17-9-1-3-15(17)4-2-10-18/h5-8,15,18H,1-4,9-12,16H2. The molecule has 0 saturated carbocycles. The zero-order valence-electron chi connectivity index (χ0n) is 11.0. The zero-order valence-corrected chi connectivity index (χ0v) is 11.0. The van der Waals surface area contributed by atoms with Crippen LogP contribution < -0.4 is 5.73 Å². The lowest BCUT2D eigenvalue weighted by Crippen LogP contribution is -2.29. The summed E-state index contributed by atoms with van der Waals surface area (Å²) in [5.74, 6) is 0. The summed E-state index contributed by atoms with van der Waals surface area (Å²) in [5, 5.41) is 8.93. The number of hydrogen-bond donors (Lipinski definition) is 2. The van der Waals surface area contributed by atoms with Crippen molar-refractivity contribution in [1.29, 1.82) is 0 Å². The Morgan fingerprint density at radius 3 is 2.61 bits per heavy atom. The second-order valence-corrected chi connectivity index (χ2v) is 5.15. The number of aliphatic hydroxyl groups excluding tert-OH is 1. The fourth-order valence-electron chi connectivity index (χ4n) is 2.77. The molecular weight excluding hydrogens is 224 g/mol. The predicted octanol–water partition coefficient (Wildman–Crippen LogP) is 1.88. The summed E-state index contributed by atoms with van der Waals surface area (Å²) in [4.78, 5) is 2.55. The maximum atomic E-state index is 8.93. The Morgan fingerprint density at radius 1 is 1.22 bits per heavy atom. The Hall–Kier alpha value is -0.900. The molecule has 18 heavy (non-hydrogen) atoms. The Balaban J connectivity index is 1.90. The van der Waals surface area contributed by atoms with Crippen molar-refractivity contribution in [3.05, 3.63) is 35.4 Å². The van der Waals surface area contributed by atoms with Gasteiger partial charge in [0.05, 0.1) is 0 Å². The van der Waals surface area contributed by atoms with E-state index >= 15 is 0 Å². The Bertz CT molecular complexity index is 350. The molecule has 1 atom stereocenters. The largest absolute Gasteiger partial charge is 0.396 e. The van der Waals surface area contributed by atoms with Crippen molar-refractivity contribution in [3.63, 3.8) is 0 Å². The van der Waals surface area contributed by atoms with E-state index in [1.54, 1.807) is 0 Å². The number of rotatable bonds is 6. The normalized spacial score (nSPS) is 20.4. The van der Waals surface area contributed by atoms with Crippen LogP contribution in [0, 0.1) is 0 Å². The Morgan fingerprint density at radius 2 is 1.94 bits per heavy atom. The monoisotopic (exact) mass is 248 g/mol. The average Bonchev–Trinajstić information content (AvgIpc) is 2.84. The molecule has 0 radical (unpaired) electrons. The molecule has 1 saturated heterocycles. The van der Waals surface area contributed by atoms with E-state index < -0.39 is 0 Å². The van der Waals surface area contributed by atoms with Crippen molar-refractivity contribution in [1.82, 2.24) is 4.90 Å². The molecule has 3 heteroatoms. The minimum atomic E-state index is 0.315. The molecule has 1 unspecified atom stereocenters. The lowest BCUT2D eigenvalue weighted by Gasteiger charge is -2.24. The first-order valence-corrected chi connectivity index (χ1v) is 6.96. The highest BCUT2D eigenvalue weighted by Crippen LogP contribution is 2.23. The van der Waals surface area contributed by atoms with Gasteiger partial charge < -0.3 is 10.8 Å². The molecule has 1 aliphatic rings. The summed E-state index contributed by atoms with van der Waals surface area (Å²) in [6.07, 6.45) is 4.61. The average molecular weight is 248 g/mol. The summed E-state index contributed by atoms with van der Waals surface area (Å²) in [5.41, 5.74) is 8.16. The molecular formula is C15H24N2O. The van der Waals surface area contributed by atoms with Crippen LogP contribution in [0.15, 0.2) is 24.3 Å². The third-order valence-corrected chi connectivity index (χ3v) is 3.84. The molecule has 100 valence electrons. The maximum Gasteiger partial charge on any atom is 0.0431 e. The van der Waals surface area contributed by atoms with Crippen molar-refractivity contribution < 1.29 is 5.11 Å². The van der Waals surface area contributed by atoms with Gasteiger partial charge in [0, 0.05) is 25.7 Å². The topological polar surface area (TPSA) is 49.5 Å². The van der Waals surface area contributed by atoms with E-state index in [9.17, 15) is 0 Å². The lowest BCUT2D eigenvalue weighted by molar-refractivity contribution is 0.210. The molecule has 3 N–H and O–H groups in total. The number of benzene rings is 1. The van der Waals surface area contributed by atoms with Gasteiger partial charge in [-0.2, -0.15) is 0 Å². The summed E-state index contributed by atoms with van der Waals surface area (Å²) in [7, 11) is 0. The zero-order chi connectivity index (χ0) is 12.8. The van der Waals surface area contributed by atoms with Crippen molar-refractivity contribution in [2.24, 2.45) is 5.73 Å². The van der Waals surface area contributed by atoms with Crippen LogP contribution in [0.1, 0.15) is 36.8 Å². The van der Waals surface area contributed by atoms with Gasteiger partial charge in [-0.3, -0.25) is 4.90 Å². The summed E-state index contributed by atoms with van der Waals surface area (Å²) in [6.45, 7) is 3.15. The highest BCUT2D eigenvalue weighted by molar-refractivity contribution is 5.22. The van der Waals surface area contributed by atoms with Gasteiger partial charge in [-0.1, -0.05) is 24.3 Å². The first-order valence-electron chi connectivity index (χ1n) is 6.96. The SMILES string of the molecule is NCc1ccc(CN2CCCC2CCCO)cc1. The summed E-state index contributed by atoms with van der Waals surface area (Å²) in [6, 6.07) is 9.27. The van der Waals surface area contributed by atoms with E-state index in [4.69, 9.17) is 10.8 Å². The minimum Gasteiger partial charge on any atom is -0.396 e. The van der Waals surface area contributed by atoms with E-state index in [2.05, 4.69) is 29.2 Å². The predicted molar refractivity (Wildman–Crippen MR) is 74.1 cm³/mol. The van der Waals surface area contributed by atoms with Crippen LogP contribution in [0.3, 0.4) is 0 Å². The van der Waals surface area contributed by atoms with E-state index in [1.165, 1.54) is 30.5 Å². The van der Waals surface area contributed by atoms with Gasteiger partial charge in [-0.25, -0.2) is 0 Å². The number of likely N-dealkylation sites (tertiary alicyclic amines) is 1. The third-order valence-electron chi connectivity index (χ3n) is 3.84. The third kappa shape index (κ3) is 3.55. The molecule has 0 aliphatic carbocycles. The van der Waals surface area contributed by atoms with E-state index in [-0.39, 0.29) is 0 Å². The smallest absolute Gasteiger partial charge is 0.0431 e. The highest BCUT2D eigenvalue weighted by Gasteiger charge is 2.23. The molecule has 1 aromatic carbocycles. The van der Waals surface area contributed by atoms with Gasteiger partial charge in [0.25, 0.3) is 0 Å². The van der Waals surface area contributed by atoms with E-state index in [0.29, 0.717) is 19.2 Å². The number of aliphatic hydroxyl groups is 1.